The highest BCUT2D eigenvalue weighted by Crippen LogP contribution is 2.30. The van der Waals surface area contributed by atoms with Gasteiger partial charge in [0.05, 0.1) is 57.2 Å². The molecule has 8 rings (SSSR count). The molecular weight excluding hydrogens is 969 g/mol. The molecule has 3 N–H and O–H groups in total. The number of aliphatic hydroxyl groups is 1. The van der Waals surface area contributed by atoms with Crippen molar-refractivity contribution in [3.8, 4) is 17.3 Å². The summed E-state index contributed by atoms with van der Waals surface area (Å²) in [6.45, 7) is 5.55. The fourth-order valence-corrected chi connectivity index (χ4v) is 9.44. The molecule has 16 heteroatoms. The normalized spacial score (nSPS) is 15.9. The summed E-state index contributed by atoms with van der Waals surface area (Å²) >= 11 is 8.95. The molecule has 66 heavy (non-hydrogen) atoms. The van der Waals surface area contributed by atoms with Gasteiger partial charge in [0.2, 0.25) is 11.8 Å². The van der Waals surface area contributed by atoms with Gasteiger partial charge in [-0.1, -0.05) is 60.1 Å². The van der Waals surface area contributed by atoms with Crippen LogP contribution in [0.3, 0.4) is 0 Å². The van der Waals surface area contributed by atoms with Gasteiger partial charge >= 0.3 is 0 Å². The Hall–Kier alpha value is -5.77. The van der Waals surface area contributed by atoms with E-state index in [0.717, 1.165) is 37.3 Å². The number of amides is 3. The first-order valence-corrected chi connectivity index (χ1v) is 23.6. The van der Waals surface area contributed by atoms with E-state index in [0.29, 0.717) is 101 Å². The summed E-state index contributed by atoms with van der Waals surface area (Å²) in [5.41, 5.74) is 3.38. The fraction of sp³-hybridized carbons (Fsp3) is 0.340. The lowest BCUT2D eigenvalue weighted by molar-refractivity contribution is -0.140. The summed E-state index contributed by atoms with van der Waals surface area (Å²) in [5.74, 6) is -0.720. The van der Waals surface area contributed by atoms with Crippen LogP contribution in [-0.4, -0.2) is 108 Å². The van der Waals surface area contributed by atoms with Crippen LogP contribution in [0.1, 0.15) is 53.6 Å². The molecule has 2 aromatic heterocycles. The van der Waals surface area contributed by atoms with Crippen LogP contribution in [0, 0.1) is 17.2 Å². The van der Waals surface area contributed by atoms with E-state index < -0.39 is 5.60 Å². The number of pyridine rings is 1. The maximum Gasteiger partial charge on any atom is 0.261 e. The smallest absolute Gasteiger partial charge is 0.261 e. The molecule has 1 atom stereocenters. The number of carbonyl (C=O) groups is 3. The number of piperazine rings is 1. The second-order valence-electron chi connectivity index (χ2n) is 17.2. The van der Waals surface area contributed by atoms with Crippen molar-refractivity contribution in [2.45, 2.75) is 50.7 Å². The lowest BCUT2D eigenvalue weighted by Crippen LogP contribution is -2.51. The van der Waals surface area contributed by atoms with E-state index in [2.05, 4.69) is 52.6 Å². The number of piperidine rings is 1. The maximum atomic E-state index is 14.2. The average molecular weight is 1020 g/mol. The molecule has 0 radical (unpaired) electrons. The molecule has 0 saturated carbocycles. The summed E-state index contributed by atoms with van der Waals surface area (Å²) in [6, 6.07) is 31.1. The van der Waals surface area contributed by atoms with E-state index in [1.54, 1.807) is 65.6 Å². The Balaban J connectivity index is 0.852. The minimum absolute atomic E-state index is 0.00714. The van der Waals surface area contributed by atoms with Gasteiger partial charge in [-0.2, -0.15) is 5.26 Å². The SMILES string of the molecule is N#Cc1cccc(-c2cc(Cl)c3ccc(C(=O)NCCCC(Cc4ccccc4)C(=O)N4CCC(O)(Cn5cnc6cc(NC(=O)CCN7CCN(I)CC7)ccc6c5=O)CC4)cc3n2)c1. The van der Waals surface area contributed by atoms with Gasteiger partial charge in [-0.05, 0) is 86.2 Å². The predicted octanol–water partition coefficient (Wildman–Crippen LogP) is 6.86. The van der Waals surface area contributed by atoms with Gasteiger partial charge in [-0.15, -0.1) is 0 Å². The highest BCUT2D eigenvalue weighted by Gasteiger charge is 2.36. The topological polar surface area (TPSA) is 177 Å². The minimum atomic E-state index is -1.22. The lowest BCUT2D eigenvalue weighted by atomic mass is 9.88. The van der Waals surface area contributed by atoms with Crippen molar-refractivity contribution in [1.29, 1.82) is 5.26 Å². The Kier molecular flexibility index (Phi) is 15.0. The van der Waals surface area contributed by atoms with E-state index in [4.69, 9.17) is 16.6 Å². The van der Waals surface area contributed by atoms with E-state index >= 15 is 0 Å². The summed E-state index contributed by atoms with van der Waals surface area (Å²) in [7, 11) is 0. The molecule has 2 aliphatic heterocycles. The zero-order valence-electron chi connectivity index (χ0n) is 36.5. The van der Waals surface area contributed by atoms with E-state index in [1.807, 2.05) is 36.4 Å². The third-order valence-corrected chi connectivity index (χ3v) is 13.8. The van der Waals surface area contributed by atoms with Gasteiger partial charge < -0.3 is 25.5 Å². The van der Waals surface area contributed by atoms with E-state index in [1.165, 1.54) is 10.9 Å². The molecule has 340 valence electrons. The number of rotatable bonds is 15. The fourth-order valence-electron chi connectivity index (χ4n) is 8.74. The first-order valence-electron chi connectivity index (χ1n) is 22.3. The van der Waals surface area contributed by atoms with Crippen LogP contribution in [0.2, 0.25) is 5.02 Å². The van der Waals surface area contributed by atoms with Crippen LogP contribution >= 0.6 is 34.5 Å². The Labute approximate surface area is 402 Å². The molecule has 4 heterocycles. The monoisotopic (exact) mass is 1020 g/mol. The molecule has 4 aromatic carbocycles. The van der Waals surface area contributed by atoms with Crippen molar-refractivity contribution in [1.82, 2.24) is 32.8 Å². The van der Waals surface area contributed by atoms with Crippen LogP contribution in [0.15, 0.2) is 108 Å². The number of hydrogen-bond acceptors (Lipinski definition) is 10. The highest BCUT2D eigenvalue weighted by atomic mass is 127. The third-order valence-electron chi connectivity index (χ3n) is 12.6. The summed E-state index contributed by atoms with van der Waals surface area (Å²) in [5, 5.41) is 28.6. The van der Waals surface area contributed by atoms with Crippen molar-refractivity contribution < 1.29 is 19.5 Å². The number of nitrogens with one attached hydrogen (secondary N) is 2. The standard InChI is InChI=1S/C50H51ClIN9O5/c51-42-30-43(36-9-4-8-35(27-36)31-53)57-45-28-37(11-13-40(42)45)47(63)54-18-5-10-38(26-34-6-2-1-3-7-34)48(64)59-20-16-50(66,17-21-59)32-60-33-55-44-29-39(12-14-41(44)49(60)65)56-46(62)15-19-58-22-24-61(52)25-23-58/h1-4,6-9,11-14,27-30,33,38,66H,5,10,15-26,32H2,(H,54,63)(H,56,62). The Bertz CT molecular complexity index is 2840. The number of carbonyl (C=O) groups excluding carboxylic acids is 3. The quantitative estimate of drug-likeness (QED) is 0.0560. The zero-order valence-corrected chi connectivity index (χ0v) is 39.4. The number of nitrogens with zero attached hydrogens (tertiary/aromatic N) is 7. The number of fused-ring (bicyclic) bond motifs is 2. The number of benzene rings is 4. The van der Waals surface area contributed by atoms with Crippen molar-refractivity contribution in [2.75, 3.05) is 57.7 Å². The van der Waals surface area contributed by atoms with E-state index in [9.17, 15) is 29.5 Å². The zero-order chi connectivity index (χ0) is 46.2. The minimum Gasteiger partial charge on any atom is -0.388 e. The average Bonchev–Trinajstić information content (AvgIpc) is 3.33. The van der Waals surface area contributed by atoms with Crippen LogP contribution in [0.25, 0.3) is 33.1 Å². The van der Waals surface area contributed by atoms with Gasteiger partial charge in [0, 0.05) is 110 Å². The van der Waals surface area contributed by atoms with Gasteiger partial charge in [-0.25, -0.2) is 13.1 Å². The van der Waals surface area contributed by atoms with Gasteiger partial charge in [-0.3, -0.25) is 23.7 Å². The third kappa shape index (κ3) is 11.6. The second kappa shape index (κ2) is 21.2. The number of hydrogen-bond donors (Lipinski definition) is 3. The van der Waals surface area contributed by atoms with Crippen molar-refractivity contribution in [3.63, 3.8) is 0 Å². The molecule has 6 aromatic rings. The van der Waals surface area contributed by atoms with Gasteiger partial charge in [0.1, 0.15) is 0 Å². The van der Waals surface area contributed by atoms with E-state index in [-0.39, 0.29) is 48.6 Å². The Morgan fingerprint density at radius 1 is 0.894 bits per heavy atom. The molecule has 0 spiro atoms. The number of anilines is 1. The van der Waals surface area contributed by atoms with Crippen LogP contribution in [0.5, 0.6) is 0 Å². The predicted molar refractivity (Wildman–Crippen MR) is 264 cm³/mol. The van der Waals surface area contributed by atoms with Crippen LogP contribution < -0.4 is 16.2 Å². The second-order valence-corrected chi connectivity index (χ2v) is 19.0. The van der Waals surface area contributed by atoms with Gasteiger partial charge in [0.15, 0.2) is 0 Å². The highest BCUT2D eigenvalue weighted by molar-refractivity contribution is 14.1. The first-order chi connectivity index (χ1) is 31.9. The molecule has 0 bridgehead atoms. The van der Waals surface area contributed by atoms with Crippen molar-refractivity contribution >= 4 is 79.7 Å². The van der Waals surface area contributed by atoms with Crippen LogP contribution in [0.4, 0.5) is 5.69 Å². The molecule has 2 saturated heterocycles. The number of aromatic nitrogens is 3. The molecule has 2 fully saturated rings. The van der Waals surface area contributed by atoms with Gasteiger partial charge in [0.25, 0.3) is 11.5 Å². The summed E-state index contributed by atoms with van der Waals surface area (Å²) in [6.07, 6.45) is 4.02. The summed E-state index contributed by atoms with van der Waals surface area (Å²) in [4.78, 5) is 67.3. The molecule has 14 nitrogen and oxygen atoms in total. The Morgan fingerprint density at radius 3 is 2.44 bits per heavy atom. The number of likely N-dealkylation sites (tertiary alicyclic amines) is 1. The van der Waals surface area contributed by atoms with Crippen molar-refractivity contribution in [2.24, 2.45) is 5.92 Å². The molecule has 1 unspecified atom stereocenters. The maximum absolute atomic E-state index is 14.2. The Morgan fingerprint density at radius 2 is 1.67 bits per heavy atom. The molecular formula is C50H51ClIN9O5. The largest absolute Gasteiger partial charge is 0.388 e. The molecule has 0 aliphatic carbocycles. The lowest BCUT2D eigenvalue weighted by Gasteiger charge is -2.39. The number of nitriles is 1. The molecule has 2 aliphatic rings. The number of halogens is 2. The van der Waals surface area contributed by atoms with Crippen LogP contribution in [-0.2, 0) is 22.6 Å². The first kappa shape index (κ1) is 46.7. The van der Waals surface area contributed by atoms with Crippen molar-refractivity contribution in [3.05, 3.63) is 135 Å². The molecule has 3 amide bonds. The summed E-state index contributed by atoms with van der Waals surface area (Å²) < 4.78 is 3.67.